The molecule has 2 rings (SSSR count). The van der Waals surface area contributed by atoms with Crippen LogP contribution in [-0.2, 0) is 6.54 Å². The third-order valence-corrected chi connectivity index (χ3v) is 2.75. The van der Waals surface area contributed by atoms with Gasteiger partial charge in [0.25, 0.3) is 0 Å². The molecule has 0 aromatic carbocycles. The van der Waals surface area contributed by atoms with E-state index in [4.69, 9.17) is 0 Å². The minimum absolute atomic E-state index is 0.477. The van der Waals surface area contributed by atoms with E-state index in [1.165, 1.54) is 17.1 Å². The number of aryl methyl sites for hydroxylation is 1. The minimum Gasteiger partial charge on any atom is -0.378 e. The van der Waals surface area contributed by atoms with Gasteiger partial charge in [-0.05, 0) is 13.0 Å². The van der Waals surface area contributed by atoms with Gasteiger partial charge in [-0.25, -0.2) is 9.97 Å². The zero-order valence-electron chi connectivity index (χ0n) is 8.20. The maximum atomic E-state index is 12.7. The molecule has 0 spiro atoms. The van der Waals surface area contributed by atoms with E-state index in [0.717, 1.165) is 10.7 Å². The predicted molar refractivity (Wildman–Crippen MR) is 58.4 cm³/mol. The van der Waals surface area contributed by atoms with Gasteiger partial charge in [-0.15, -0.1) is 11.3 Å². The summed E-state index contributed by atoms with van der Waals surface area (Å²) in [5.41, 5.74) is 0.718. The summed E-state index contributed by atoms with van der Waals surface area (Å²) in [5.74, 6) is -0.477. The number of anilines is 1. The second-order valence-corrected chi connectivity index (χ2v) is 4.40. The SMILES string of the molecule is Cc1cnc(CNc2ccnc(F)c2)s1. The lowest BCUT2D eigenvalue weighted by atomic mass is 10.4. The first-order valence-corrected chi connectivity index (χ1v) is 5.32. The smallest absolute Gasteiger partial charge is 0.214 e. The van der Waals surface area contributed by atoms with Crippen LogP contribution in [0.4, 0.5) is 10.1 Å². The highest BCUT2D eigenvalue weighted by atomic mass is 32.1. The normalized spacial score (nSPS) is 10.3. The lowest BCUT2D eigenvalue weighted by Gasteiger charge is -2.02. The molecule has 2 aromatic rings. The van der Waals surface area contributed by atoms with Gasteiger partial charge >= 0.3 is 0 Å². The van der Waals surface area contributed by atoms with Gasteiger partial charge in [0.05, 0.1) is 6.54 Å². The number of nitrogens with one attached hydrogen (secondary N) is 1. The molecule has 0 aliphatic carbocycles. The summed E-state index contributed by atoms with van der Waals surface area (Å²) < 4.78 is 12.7. The molecule has 0 fully saturated rings. The second-order valence-electron chi connectivity index (χ2n) is 3.09. The summed E-state index contributed by atoms with van der Waals surface area (Å²) >= 11 is 1.63. The molecule has 1 N–H and O–H groups in total. The number of nitrogens with zero attached hydrogens (tertiary/aromatic N) is 2. The van der Waals surface area contributed by atoms with E-state index >= 15 is 0 Å². The fourth-order valence-electron chi connectivity index (χ4n) is 1.17. The molecule has 0 unspecified atom stereocenters. The Morgan fingerprint density at radius 3 is 3.00 bits per heavy atom. The van der Waals surface area contributed by atoms with Gasteiger partial charge in [0.1, 0.15) is 5.01 Å². The largest absolute Gasteiger partial charge is 0.378 e. The zero-order chi connectivity index (χ0) is 10.7. The maximum Gasteiger partial charge on any atom is 0.214 e. The first-order valence-electron chi connectivity index (χ1n) is 4.51. The average Bonchev–Trinajstić information content (AvgIpc) is 2.62. The first kappa shape index (κ1) is 10.0. The van der Waals surface area contributed by atoms with Gasteiger partial charge in [-0.3, -0.25) is 0 Å². The van der Waals surface area contributed by atoms with Crippen LogP contribution in [0.15, 0.2) is 24.5 Å². The van der Waals surface area contributed by atoms with Crippen LogP contribution in [0.25, 0.3) is 0 Å². The van der Waals surface area contributed by atoms with Crippen molar-refractivity contribution in [3.63, 3.8) is 0 Å². The van der Waals surface area contributed by atoms with Gasteiger partial charge in [-0.2, -0.15) is 4.39 Å². The molecule has 0 aliphatic rings. The van der Waals surface area contributed by atoms with E-state index in [1.54, 1.807) is 17.4 Å². The van der Waals surface area contributed by atoms with Crippen molar-refractivity contribution in [1.29, 1.82) is 0 Å². The Morgan fingerprint density at radius 2 is 2.33 bits per heavy atom. The van der Waals surface area contributed by atoms with Crippen molar-refractivity contribution in [2.45, 2.75) is 13.5 Å². The summed E-state index contributed by atoms with van der Waals surface area (Å²) in [6.07, 6.45) is 3.26. The van der Waals surface area contributed by atoms with E-state index in [9.17, 15) is 4.39 Å². The standard InChI is InChI=1S/C10H10FN3S/c1-7-5-14-10(15-7)6-13-8-2-3-12-9(11)4-8/h2-5H,6H2,1H3,(H,12,13). The second kappa shape index (κ2) is 4.35. The number of thiazole rings is 1. The molecule has 0 aliphatic heterocycles. The topological polar surface area (TPSA) is 37.8 Å². The van der Waals surface area contributed by atoms with Gasteiger partial charge in [0.15, 0.2) is 0 Å². The van der Waals surface area contributed by atoms with E-state index < -0.39 is 5.95 Å². The van der Waals surface area contributed by atoms with E-state index in [1.807, 2.05) is 13.1 Å². The van der Waals surface area contributed by atoms with E-state index in [0.29, 0.717) is 6.54 Å². The molecule has 0 bridgehead atoms. The van der Waals surface area contributed by atoms with Crippen molar-refractivity contribution in [2.75, 3.05) is 5.32 Å². The molecule has 78 valence electrons. The Balaban J connectivity index is 1.99. The summed E-state index contributed by atoms with van der Waals surface area (Å²) in [6, 6.07) is 3.09. The Bertz CT molecular complexity index is 455. The molecule has 0 amide bonds. The number of aromatic nitrogens is 2. The number of halogens is 1. The van der Waals surface area contributed by atoms with Crippen molar-refractivity contribution in [3.05, 3.63) is 40.4 Å². The summed E-state index contributed by atoms with van der Waals surface area (Å²) in [4.78, 5) is 8.85. The van der Waals surface area contributed by atoms with Crippen LogP contribution >= 0.6 is 11.3 Å². The van der Waals surface area contributed by atoms with Crippen LogP contribution in [0.5, 0.6) is 0 Å². The van der Waals surface area contributed by atoms with Crippen molar-refractivity contribution in [3.8, 4) is 0 Å². The van der Waals surface area contributed by atoms with Crippen LogP contribution in [-0.4, -0.2) is 9.97 Å². The van der Waals surface area contributed by atoms with Crippen molar-refractivity contribution in [1.82, 2.24) is 9.97 Å². The van der Waals surface area contributed by atoms with Gasteiger partial charge in [0, 0.05) is 29.0 Å². The fraction of sp³-hybridized carbons (Fsp3) is 0.200. The maximum absolute atomic E-state index is 12.7. The van der Waals surface area contributed by atoms with Crippen molar-refractivity contribution >= 4 is 17.0 Å². The summed E-state index contributed by atoms with van der Waals surface area (Å²) in [6.45, 7) is 2.62. The van der Waals surface area contributed by atoms with E-state index in [2.05, 4.69) is 15.3 Å². The third kappa shape index (κ3) is 2.73. The lowest BCUT2D eigenvalue weighted by Crippen LogP contribution is -1.99. The molecule has 5 heteroatoms. The Morgan fingerprint density at radius 1 is 1.47 bits per heavy atom. The lowest BCUT2D eigenvalue weighted by molar-refractivity contribution is 0.584. The predicted octanol–water partition coefficient (Wildman–Crippen LogP) is 2.60. The molecule has 2 aromatic heterocycles. The quantitative estimate of drug-likeness (QED) is 0.813. The Hall–Kier alpha value is -1.49. The molecule has 0 radical (unpaired) electrons. The summed E-state index contributed by atoms with van der Waals surface area (Å²) in [7, 11) is 0. The highest BCUT2D eigenvalue weighted by molar-refractivity contribution is 7.11. The average molecular weight is 223 g/mol. The van der Waals surface area contributed by atoms with Gasteiger partial charge in [-0.1, -0.05) is 0 Å². The number of hydrogen-bond acceptors (Lipinski definition) is 4. The molecular weight excluding hydrogens is 213 g/mol. The van der Waals surface area contributed by atoms with Crippen molar-refractivity contribution < 1.29 is 4.39 Å². The molecule has 3 nitrogen and oxygen atoms in total. The minimum atomic E-state index is -0.477. The number of pyridine rings is 1. The Kier molecular flexibility index (Phi) is 2.91. The zero-order valence-corrected chi connectivity index (χ0v) is 9.01. The number of rotatable bonds is 3. The van der Waals surface area contributed by atoms with Crippen LogP contribution < -0.4 is 5.32 Å². The molecule has 2 heterocycles. The molecule has 0 saturated heterocycles. The Labute approximate surface area is 91.0 Å². The highest BCUT2D eigenvalue weighted by Crippen LogP contribution is 2.13. The van der Waals surface area contributed by atoms with Crippen LogP contribution in [0, 0.1) is 12.9 Å². The van der Waals surface area contributed by atoms with Crippen LogP contribution in [0.1, 0.15) is 9.88 Å². The summed E-state index contributed by atoms with van der Waals surface area (Å²) in [5, 5.41) is 4.07. The van der Waals surface area contributed by atoms with E-state index in [-0.39, 0.29) is 0 Å². The van der Waals surface area contributed by atoms with Crippen LogP contribution in [0.3, 0.4) is 0 Å². The highest BCUT2D eigenvalue weighted by Gasteiger charge is 1.99. The fourth-order valence-corrected chi connectivity index (χ4v) is 1.90. The molecule has 15 heavy (non-hydrogen) atoms. The van der Waals surface area contributed by atoms with Crippen LogP contribution in [0.2, 0.25) is 0 Å². The van der Waals surface area contributed by atoms with Crippen molar-refractivity contribution in [2.24, 2.45) is 0 Å². The molecular formula is C10H10FN3S. The van der Waals surface area contributed by atoms with Gasteiger partial charge in [0.2, 0.25) is 5.95 Å². The number of hydrogen-bond donors (Lipinski definition) is 1. The molecule has 0 atom stereocenters. The van der Waals surface area contributed by atoms with Gasteiger partial charge < -0.3 is 5.32 Å². The third-order valence-electron chi connectivity index (χ3n) is 1.84. The molecule has 0 saturated carbocycles. The first-order chi connectivity index (χ1) is 7.24. The monoisotopic (exact) mass is 223 g/mol.